The van der Waals surface area contributed by atoms with Gasteiger partial charge in [0.15, 0.2) is 0 Å². The van der Waals surface area contributed by atoms with Crippen LogP contribution in [0.2, 0.25) is 0 Å². The Labute approximate surface area is 107 Å². The number of aromatic amines is 1. The number of fused-ring (bicyclic) bond motifs is 1. The Kier molecular flexibility index (Phi) is 2.91. The van der Waals surface area contributed by atoms with Gasteiger partial charge < -0.3 is 15.2 Å². The lowest BCUT2D eigenvalue weighted by molar-refractivity contribution is 0.336. The average Bonchev–Trinajstić information content (AvgIpc) is 2.85. The quantitative estimate of drug-likeness (QED) is 0.839. The van der Waals surface area contributed by atoms with Gasteiger partial charge in [-0.3, -0.25) is 0 Å². The van der Waals surface area contributed by atoms with Gasteiger partial charge in [0.25, 0.3) is 0 Å². The molecule has 0 radical (unpaired) electrons. The minimum atomic E-state index is 0.464. The number of hydrogen-bond donors (Lipinski definition) is 2. The van der Waals surface area contributed by atoms with Crippen molar-refractivity contribution in [2.75, 3.05) is 25.0 Å². The predicted molar refractivity (Wildman–Crippen MR) is 72.7 cm³/mol. The summed E-state index contributed by atoms with van der Waals surface area (Å²) in [5, 5.41) is 4.50. The molecule has 0 saturated carbocycles. The number of nitrogens with one attached hydrogen (secondary N) is 2. The van der Waals surface area contributed by atoms with Gasteiger partial charge in [-0.2, -0.15) is 4.98 Å². The summed E-state index contributed by atoms with van der Waals surface area (Å²) in [6.07, 6.45) is 4.99. The van der Waals surface area contributed by atoms with E-state index in [0.717, 1.165) is 30.1 Å². The van der Waals surface area contributed by atoms with Crippen molar-refractivity contribution in [1.29, 1.82) is 0 Å². The molecule has 1 fully saturated rings. The van der Waals surface area contributed by atoms with Gasteiger partial charge in [0, 0.05) is 37.4 Å². The summed E-state index contributed by atoms with van der Waals surface area (Å²) in [7, 11) is 2.08. The monoisotopic (exact) mass is 245 g/mol. The third-order valence-electron chi connectivity index (χ3n) is 3.89. The molecule has 3 heterocycles. The Morgan fingerprint density at radius 2 is 2.33 bits per heavy atom. The lowest BCUT2D eigenvalue weighted by Crippen LogP contribution is -2.49. The molecule has 2 atom stereocenters. The Morgan fingerprint density at radius 3 is 3.17 bits per heavy atom. The van der Waals surface area contributed by atoms with Gasteiger partial charge in [-0.05, 0) is 24.9 Å². The van der Waals surface area contributed by atoms with Crippen LogP contribution in [-0.2, 0) is 0 Å². The van der Waals surface area contributed by atoms with Gasteiger partial charge in [-0.15, -0.1) is 0 Å². The van der Waals surface area contributed by atoms with Crippen LogP contribution in [0.3, 0.4) is 0 Å². The molecule has 18 heavy (non-hydrogen) atoms. The molecule has 0 spiro atoms. The first-order chi connectivity index (χ1) is 8.75. The second-order valence-corrected chi connectivity index (χ2v) is 5.10. The zero-order chi connectivity index (χ0) is 12.5. The first-order valence-corrected chi connectivity index (χ1v) is 6.49. The van der Waals surface area contributed by atoms with Crippen molar-refractivity contribution < 1.29 is 0 Å². The van der Waals surface area contributed by atoms with Crippen molar-refractivity contribution in [3.05, 3.63) is 18.5 Å². The lowest BCUT2D eigenvalue weighted by Gasteiger charge is -2.36. The summed E-state index contributed by atoms with van der Waals surface area (Å²) >= 11 is 0. The Balaban J connectivity index is 1.87. The third kappa shape index (κ3) is 1.95. The van der Waals surface area contributed by atoms with E-state index in [1.807, 2.05) is 18.5 Å². The van der Waals surface area contributed by atoms with E-state index >= 15 is 0 Å². The van der Waals surface area contributed by atoms with E-state index in [2.05, 4.69) is 39.1 Å². The van der Waals surface area contributed by atoms with Crippen LogP contribution < -0.4 is 10.2 Å². The molecule has 0 aliphatic carbocycles. The Bertz CT molecular complexity index is 535. The molecule has 0 unspecified atom stereocenters. The second kappa shape index (κ2) is 4.57. The number of piperidine rings is 1. The van der Waals surface area contributed by atoms with E-state index in [-0.39, 0.29) is 0 Å². The third-order valence-corrected chi connectivity index (χ3v) is 3.89. The fourth-order valence-electron chi connectivity index (χ4n) is 2.64. The maximum atomic E-state index is 4.58. The molecule has 2 aromatic heterocycles. The van der Waals surface area contributed by atoms with Crippen LogP contribution in [0.1, 0.15) is 13.3 Å². The first kappa shape index (κ1) is 11.5. The maximum absolute atomic E-state index is 4.58. The van der Waals surface area contributed by atoms with Crippen LogP contribution in [-0.4, -0.2) is 41.1 Å². The maximum Gasteiger partial charge on any atom is 0.227 e. The van der Waals surface area contributed by atoms with Crippen LogP contribution in [0.15, 0.2) is 18.5 Å². The molecule has 5 heteroatoms. The van der Waals surface area contributed by atoms with Crippen molar-refractivity contribution in [2.24, 2.45) is 5.92 Å². The molecular weight excluding hydrogens is 226 g/mol. The Morgan fingerprint density at radius 1 is 1.44 bits per heavy atom. The fraction of sp³-hybridized carbons (Fsp3) is 0.538. The molecule has 96 valence electrons. The van der Waals surface area contributed by atoms with E-state index in [0.29, 0.717) is 12.0 Å². The van der Waals surface area contributed by atoms with E-state index in [1.54, 1.807) is 0 Å². The SMILES string of the molecule is C[C@H]1CCNC[C@H]1N(C)c1ncc2cc[nH]c2n1. The highest BCUT2D eigenvalue weighted by Crippen LogP contribution is 2.21. The van der Waals surface area contributed by atoms with Crippen molar-refractivity contribution in [1.82, 2.24) is 20.3 Å². The number of aromatic nitrogens is 3. The van der Waals surface area contributed by atoms with Gasteiger partial charge in [0.05, 0.1) is 0 Å². The summed E-state index contributed by atoms with van der Waals surface area (Å²) in [4.78, 5) is 14.4. The topological polar surface area (TPSA) is 56.8 Å². The normalized spacial score (nSPS) is 24.3. The predicted octanol–water partition coefficient (Wildman–Crippen LogP) is 1.39. The van der Waals surface area contributed by atoms with Crippen LogP contribution >= 0.6 is 0 Å². The molecule has 0 aromatic carbocycles. The zero-order valence-corrected chi connectivity index (χ0v) is 10.8. The molecule has 0 bridgehead atoms. The number of anilines is 1. The highest BCUT2D eigenvalue weighted by Gasteiger charge is 2.26. The number of likely N-dealkylation sites (N-methyl/N-ethyl adjacent to an activating group) is 1. The summed E-state index contributed by atoms with van der Waals surface area (Å²) in [5.74, 6) is 1.46. The van der Waals surface area contributed by atoms with E-state index in [9.17, 15) is 0 Å². The molecule has 3 rings (SSSR count). The van der Waals surface area contributed by atoms with Crippen LogP contribution in [0.25, 0.3) is 11.0 Å². The minimum absolute atomic E-state index is 0.464. The van der Waals surface area contributed by atoms with Gasteiger partial charge in [-0.1, -0.05) is 6.92 Å². The lowest BCUT2D eigenvalue weighted by atomic mass is 9.94. The van der Waals surface area contributed by atoms with Crippen molar-refractivity contribution in [3.8, 4) is 0 Å². The summed E-state index contributed by atoms with van der Waals surface area (Å²) in [6.45, 7) is 4.42. The molecule has 0 amide bonds. The summed E-state index contributed by atoms with van der Waals surface area (Å²) in [6, 6.07) is 2.45. The van der Waals surface area contributed by atoms with Crippen LogP contribution in [0.5, 0.6) is 0 Å². The molecule has 1 aliphatic rings. The van der Waals surface area contributed by atoms with Crippen LogP contribution in [0, 0.1) is 5.92 Å². The largest absolute Gasteiger partial charge is 0.346 e. The van der Waals surface area contributed by atoms with Crippen LogP contribution in [0.4, 0.5) is 5.95 Å². The number of hydrogen-bond acceptors (Lipinski definition) is 4. The van der Waals surface area contributed by atoms with Gasteiger partial charge in [-0.25, -0.2) is 4.98 Å². The summed E-state index contributed by atoms with van der Waals surface area (Å²) < 4.78 is 0. The molecule has 2 aromatic rings. The zero-order valence-electron chi connectivity index (χ0n) is 10.8. The minimum Gasteiger partial charge on any atom is -0.346 e. The second-order valence-electron chi connectivity index (χ2n) is 5.10. The molecule has 1 aliphatic heterocycles. The summed E-state index contributed by atoms with van der Waals surface area (Å²) in [5.41, 5.74) is 0.906. The number of nitrogens with zero attached hydrogens (tertiary/aromatic N) is 3. The highest BCUT2D eigenvalue weighted by atomic mass is 15.3. The molecule has 1 saturated heterocycles. The highest BCUT2D eigenvalue weighted by molar-refractivity contribution is 5.75. The van der Waals surface area contributed by atoms with Crippen molar-refractivity contribution in [2.45, 2.75) is 19.4 Å². The number of rotatable bonds is 2. The Hall–Kier alpha value is -1.62. The number of H-pyrrole nitrogens is 1. The van der Waals surface area contributed by atoms with Crippen molar-refractivity contribution >= 4 is 17.0 Å². The molecular formula is C13H19N5. The van der Waals surface area contributed by atoms with Gasteiger partial charge in [0.1, 0.15) is 5.65 Å². The fourth-order valence-corrected chi connectivity index (χ4v) is 2.64. The molecule has 2 N–H and O–H groups in total. The molecule has 5 nitrogen and oxygen atoms in total. The van der Waals surface area contributed by atoms with E-state index in [1.165, 1.54) is 6.42 Å². The smallest absolute Gasteiger partial charge is 0.227 e. The average molecular weight is 245 g/mol. The van der Waals surface area contributed by atoms with Crippen molar-refractivity contribution in [3.63, 3.8) is 0 Å². The van der Waals surface area contributed by atoms with E-state index in [4.69, 9.17) is 0 Å². The standard InChI is InChI=1S/C13H19N5/c1-9-3-5-14-8-11(9)18(2)13-16-7-10-4-6-15-12(10)17-13/h4,6-7,9,11,14H,3,5,8H2,1-2H3,(H,15,16,17)/t9-,11+/m0/s1. The van der Waals surface area contributed by atoms with Gasteiger partial charge in [0.2, 0.25) is 5.95 Å². The van der Waals surface area contributed by atoms with E-state index < -0.39 is 0 Å². The van der Waals surface area contributed by atoms with Gasteiger partial charge >= 0.3 is 0 Å². The first-order valence-electron chi connectivity index (χ1n) is 6.49.